The average Bonchev–Trinajstić information content (AvgIpc) is 2.91. The van der Waals surface area contributed by atoms with E-state index in [0.29, 0.717) is 12.3 Å². The number of hydrogen-bond acceptors (Lipinski definition) is 2. The van der Waals surface area contributed by atoms with Crippen LogP contribution < -0.4 is 4.74 Å². The number of carbonyl (C=O) groups is 1. The molecule has 0 bridgehead atoms. The first-order chi connectivity index (χ1) is 9.44. The number of aliphatic carboxylic acids is 1. The van der Waals surface area contributed by atoms with Gasteiger partial charge in [-0.15, -0.1) is 0 Å². The van der Waals surface area contributed by atoms with Crippen LogP contribution >= 0.6 is 0 Å². The molecule has 1 aromatic rings. The topological polar surface area (TPSA) is 46.5 Å². The van der Waals surface area contributed by atoms with E-state index in [0.717, 1.165) is 11.3 Å². The molecule has 0 radical (unpaired) electrons. The van der Waals surface area contributed by atoms with Gasteiger partial charge in [-0.1, -0.05) is 25.0 Å². The van der Waals surface area contributed by atoms with E-state index < -0.39 is 11.4 Å². The molecule has 0 heterocycles. The van der Waals surface area contributed by atoms with E-state index in [2.05, 4.69) is 6.07 Å². The molecule has 0 saturated heterocycles. The number of ether oxygens (including phenoxy) is 1. The van der Waals surface area contributed by atoms with Gasteiger partial charge in [0, 0.05) is 0 Å². The van der Waals surface area contributed by atoms with Crippen molar-refractivity contribution >= 4 is 5.97 Å². The Labute approximate surface area is 121 Å². The van der Waals surface area contributed by atoms with Gasteiger partial charge in [-0.25, -0.2) is 0 Å². The molecular weight excluding hydrogens is 252 g/mol. The van der Waals surface area contributed by atoms with Crippen LogP contribution in [0.1, 0.15) is 56.6 Å². The Bertz CT molecular complexity index is 485. The molecule has 0 unspecified atom stereocenters. The number of benzene rings is 1. The fraction of sp³-hybridized carbons (Fsp3) is 0.588. The zero-order chi connectivity index (χ0) is 14.8. The largest absolute Gasteiger partial charge is 0.496 e. The summed E-state index contributed by atoms with van der Waals surface area (Å²) in [6.45, 7) is 3.55. The van der Waals surface area contributed by atoms with Gasteiger partial charge in [0.05, 0.1) is 12.5 Å². The lowest BCUT2D eigenvalue weighted by molar-refractivity contribution is -0.146. The number of carboxylic acid groups (broad SMARTS) is 1. The molecule has 20 heavy (non-hydrogen) atoms. The van der Waals surface area contributed by atoms with Crippen LogP contribution in [0.5, 0.6) is 5.75 Å². The third kappa shape index (κ3) is 3.14. The van der Waals surface area contributed by atoms with Crippen molar-refractivity contribution in [3.05, 3.63) is 29.3 Å². The second-order valence-electron chi connectivity index (χ2n) is 6.42. The van der Waals surface area contributed by atoms with Crippen LogP contribution in [0.2, 0.25) is 0 Å². The fourth-order valence-corrected chi connectivity index (χ4v) is 3.04. The van der Waals surface area contributed by atoms with E-state index in [1.54, 1.807) is 21.0 Å². The summed E-state index contributed by atoms with van der Waals surface area (Å²) in [5.74, 6) is 0.752. The highest BCUT2D eigenvalue weighted by Crippen LogP contribution is 2.39. The van der Waals surface area contributed by atoms with Crippen molar-refractivity contribution in [3.8, 4) is 5.75 Å². The average molecular weight is 276 g/mol. The van der Waals surface area contributed by atoms with Crippen molar-refractivity contribution < 1.29 is 14.6 Å². The normalized spacial score (nSPS) is 16.4. The van der Waals surface area contributed by atoms with E-state index in [9.17, 15) is 9.90 Å². The summed E-state index contributed by atoms with van der Waals surface area (Å²) in [5.41, 5.74) is 1.60. The molecular formula is C17H24O3. The van der Waals surface area contributed by atoms with E-state index in [1.165, 1.54) is 31.2 Å². The first-order valence-corrected chi connectivity index (χ1v) is 7.34. The molecule has 3 heteroatoms. The maximum atomic E-state index is 11.3. The van der Waals surface area contributed by atoms with Crippen LogP contribution in [0, 0.1) is 5.41 Å². The molecule has 1 fully saturated rings. The molecule has 0 spiro atoms. The van der Waals surface area contributed by atoms with E-state index in [4.69, 9.17) is 4.74 Å². The molecule has 0 amide bonds. The van der Waals surface area contributed by atoms with Gasteiger partial charge in [0.1, 0.15) is 5.75 Å². The summed E-state index contributed by atoms with van der Waals surface area (Å²) in [5, 5.41) is 9.26. The highest BCUT2D eigenvalue weighted by molar-refractivity contribution is 5.74. The van der Waals surface area contributed by atoms with Crippen LogP contribution in [0.25, 0.3) is 0 Å². The third-order valence-electron chi connectivity index (χ3n) is 4.31. The second-order valence-corrected chi connectivity index (χ2v) is 6.42. The Hall–Kier alpha value is -1.51. The standard InChI is InChI=1S/C17H24O3/c1-17(2,16(18)19)11-12-8-9-15(20-3)14(10-12)13-6-4-5-7-13/h8-10,13H,4-7,11H2,1-3H3,(H,18,19). The third-order valence-corrected chi connectivity index (χ3v) is 4.31. The predicted molar refractivity (Wildman–Crippen MR) is 79.3 cm³/mol. The fourth-order valence-electron chi connectivity index (χ4n) is 3.04. The molecule has 1 aliphatic carbocycles. The van der Waals surface area contributed by atoms with Gasteiger partial charge in [-0.3, -0.25) is 4.79 Å². The van der Waals surface area contributed by atoms with Crippen molar-refractivity contribution in [2.75, 3.05) is 7.11 Å². The first kappa shape index (κ1) is 14.9. The lowest BCUT2D eigenvalue weighted by atomic mass is 9.84. The summed E-state index contributed by atoms with van der Waals surface area (Å²) in [7, 11) is 1.70. The highest BCUT2D eigenvalue weighted by Gasteiger charge is 2.28. The summed E-state index contributed by atoms with van der Waals surface area (Å²) >= 11 is 0. The van der Waals surface area contributed by atoms with Crippen LogP contribution in [0.15, 0.2) is 18.2 Å². The zero-order valence-corrected chi connectivity index (χ0v) is 12.6. The van der Waals surface area contributed by atoms with E-state index in [-0.39, 0.29) is 0 Å². The molecule has 110 valence electrons. The first-order valence-electron chi connectivity index (χ1n) is 7.34. The Morgan fingerprint density at radius 3 is 2.55 bits per heavy atom. The monoisotopic (exact) mass is 276 g/mol. The Balaban J connectivity index is 2.27. The van der Waals surface area contributed by atoms with Gasteiger partial charge in [-0.05, 0) is 56.2 Å². The smallest absolute Gasteiger partial charge is 0.309 e. The number of methoxy groups -OCH3 is 1. The van der Waals surface area contributed by atoms with Crippen LogP contribution in [-0.2, 0) is 11.2 Å². The van der Waals surface area contributed by atoms with E-state index >= 15 is 0 Å². The molecule has 1 saturated carbocycles. The van der Waals surface area contributed by atoms with Crippen molar-refractivity contribution in [2.45, 2.75) is 51.9 Å². The SMILES string of the molecule is COc1ccc(CC(C)(C)C(=O)O)cc1C1CCCC1. The Kier molecular flexibility index (Phi) is 4.36. The zero-order valence-electron chi connectivity index (χ0n) is 12.6. The summed E-state index contributed by atoms with van der Waals surface area (Å²) in [6.07, 6.45) is 5.52. The van der Waals surface area contributed by atoms with Gasteiger partial charge < -0.3 is 9.84 Å². The van der Waals surface area contributed by atoms with Gasteiger partial charge >= 0.3 is 5.97 Å². The van der Waals surface area contributed by atoms with Crippen molar-refractivity contribution in [2.24, 2.45) is 5.41 Å². The molecule has 1 aromatic carbocycles. The minimum absolute atomic E-state index is 0.548. The molecule has 0 aliphatic heterocycles. The Morgan fingerprint density at radius 1 is 1.35 bits per heavy atom. The molecule has 0 aromatic heterocycles. The Morgan fingerprint density at radius 2 is 2.00 bits per heavy atom. The molecule has 3 nitrogen and oxygen atoms in total. The number of hydrogen-bond donors (Lipinski definition) is 1. The summed E-state index contributed by atoms with van der Waals surface area (Å²) in [6, 6.07) is 6.13. The number of rotatable bonds is 5. The molecule has 0 atom stereocenters. The lowest BCUT2D eigenvalue weighted by Crippen LogP contribution is -2.26. The summed E-state index contributed by atoms with van der Waals surface area (Å²) < 4.78 is 5.47. The van der Waals surface area contributed by atoms with Crippen LogP contribution in [0.3, 0.4) is 0 Å². The number of carboxylic acids is 1. The maximum absolute atomic E-state index is 11.3. The second kappa shape index (κ2) is 5.86. The van der Waals surface area contributed by atoms with Crippen molar-refractivity contribution in [1.29, 1.82) is 0 Å². The predicted octanol–water partition coefficient (Wildman–Crippen LogP) is 4.01. The maximum Gasteiger partial charge on any atom is 0.309 e. The van der Waals surface area contributed by atoms with Crippen LogP contribution in [-0.4, -0.2) is 18.2 Å². The minimum atomic E-state index is -0.754. The molecule has 2 rings (SSSR count). The minimum Gasteiger partial charge on any atom is -0.496 e. The quantitative estimate of drug-likeness (QED) is 0.884. The van der Waals surface area contributed by atoms with Crippen LogP contribution in [0.4, 0.5) is 0 Å². The summed E-state index contributed by atoms with van der Waals surface area (Å²) in [4.78, 5) is 11.3. The molecule has 1 aliphatic rings. The van der Waals surface area contributed by atoms with Gasteiger partial charge in [0.25, 0.3) is 0 Å². The van der Waals surface area contributed by atoms with E-state index in [1.807, 2.05) is 12.1 Å². The molecule has 1 N–H and O–H groups in total. The van der Waals surface area contributed by atoms with Crippen molar-refractivity contribution in [3.63, 3.8) is 0 Å². The van der Waals surface area contributed by atoms with Crippen molar-refractivity contribution in [1.82, 2.24) is 0 Å². The van der Waals surface area contributed by atoms with Gasteiger partial charge in [-0.2, -0.15) is 0 Å². The van der Waals surface area contributed by atoms with Gasteiger partial charge in [0.2, 0.25) is 0 Å². The lowest BCUT2D eigenvalue weighted by Gasteiger charge is -2.21. The van der Waals surface area contributed by atoms with Gasteiger partial charge in [0.15, 0.2) is 0 Å². The highest BCUT2D eigenvalue weighted by atomic mass is 16.5.